The summed E-state index contributed by atoms with van der Waals surface area (Å²) in [5.74, 6) is -2.63. The average molecular weight is 411 g/mol. The lowest BCUT2D eigenvalue weighted by atomic mass is 9.52. The number of hydrazone groups is 1. The number of nitro groups is 1. The van der Waals surface area contributed by atoms with Crippen LogP contribution in [0.3, 0.4) is 0 Å². The summed E-state index contributed by atoms with van der Waals surface area (Å²) in [5, 5.41) is 35.7. The summed E-state index contributed by atoms with van der Waals surface area (Å²) in [7, 11) is 0. The maximum Gasteiger partial charge on any atom is 0.353 e. The van der Waals surface area contributed by atoms with E-state index >= 15 is 0 Å². The molecule has 0 saturated carbocycles. The van der Waals surface area contributed by atoms with E-state index in [0.717, 1.165) is 0 Å². The van der Waals surface area contributed by atoms with Crippen molar-refractivity contribution in [2.75, 3.05) is 0 Å². The van der Waals surface area contributed by atoms with Crippen LogP contribution < -0.4 is 5.43 Å². The predicted molar refractivity (Wildman–Crippen MR) is 108 cm³/mol. The fraction of sp³-hybridized carbons (Fsp3) is 0.286. The Morgan fingerprint density at radius 1 is 1.17 bits per heavy atom. The summed E-state index contributed by atoms with van der Waals surface area (Å²) in [6, 6.07) is 13.3. The van der Waals surface area contributed by atoms with Gasteiger partial charge in [0, 0.05) is 12.1 Å². The van der Waals surface area contributed by atoms with Gasteiger partial charge in [0.05, 0.1) is 16.4 Å². The Bertz CT molecular complexity index is 1040. The Hall–Kier alpha value is -3.75. The number of carboxylic acids is 2. The fourth-order valence-corrected chi connectivity index (χ4v) is 4.49. The number of hydrogen-bond acceptors (Lipinski definition) is 6. The number of nitrogens with zero attached hydrogens (tertiary/aromatic N) is 2. The van der Waals surface area contributed by atoms with Gasteiger partial charge in [-0.3, -0.25) is 14.9 Å². The van der Waals surface area contributed by atoms with Crippen LogP contribution in [0.2, 0.25) is 0 Å². The van der Waals surface area contributed by atoms with Gasteiger partial charge in [-0.15, -0.1) is 0 Å². The number of non-ortho nitro benzene ring substituents is 1. The largest absolute Gasteiger partial charge is 0.481 e. The van der Waals surface area contributed by atoms with Gasteiger partial charge in [0.2, 0.25) is 0 Å². The number of hydrogen-bond donors (Lipinski definition) is 3. The summed E-state index contributed by atoms with van der Waals surface area (Å²) in [6.07, 6.45) is 0.0420. The first-order valence-electron chi connectivity index (χ1n) is 9.30. The lowest BCUT2D eigenvalue weighted by Crippen LogP contribution is -2.63. The Kier molecular flexibility index (Phi) is 5.30. The van der Waals surface area contributed by atoms with Gasteiger partial charge in [-0.2, -0.15) is 5.10 Å². The molecule has 0 aliphatic carbocycles. The highest BCUT2D eigenvalue weighted by atomic mass is 16.6. The van der Waals surface area contributed by atoms with E-state index in [1.807, 2.05) is 0 Å². The van der Waals surface area contributed by atoms with Crippen LogP contribution in [0.1, 0.15) is 37.4 Å². The molecule has 3 rings (SSSR count). The fourth-order valence-electron chi connectivity index (χ4n) is 4.49. The van der Waals surface area contributed by atoms with E-state index in [9.17, 15) is 29.9 Å². The van der Waals surface area contributed by atoms with Gasteiger partial charge in [0.15, 0.2) is 5.71 Å². The third-order valence-corrected chi connectivity index (χ3v) is 6.07. The molecule has 3 unspecified atom stereocenters. The molecular formula is C21H21N3O6. The quantitative estimate of drug-likeness (QED) is 0.489. The molecule has 3 N–H and O–H groups in total. The average Bonchev–Trinajstić information content (AvgIpc) is 2.73. The molecule has 156 valence electrons. The van der Waals surface area contributed by atoms with Gasteiger partial charge in [0.25, 0.3) is 5.69 Å². The minimum atomic E-state index is -1.70. The summed E-state index contributed by atoms with van der Waals surface area (Å²) < 4.78 is 0. The molecule has 0 radical (unpaired) electrons. The standard InChI is InChI=1S/C21H21N3O6/c1-3-21(19(27)28)16(13-8-5-4-6-9-13)22-23-17(18(25)26)20(21,2)14-10-7-11-15(12-14)24(29)30/h4-12,16,22H,3H2,1-2H3,(H,25,26)(H,27,28). The Labute approximate surface area is 172 Å². The number of aliphatic carboxylic acids is 2. The summed E-state index contributed by atoms with van der Waals surface area (Å²) in [5.41, 5.74) is -0.482. The van der Waals surface area contributed by atoms with Crippen LogP contribution >= 0.6 is 0 Å². The topological polar surface area (TPSA) is 142 Å². The molecule has 1 aliphatic rings. The van der Waals surface area contributed by atoms with Crippen LogP contribution in [0.25, 0.3) is 0 Å². The normalized spacial score (nSPS) is 25.7. The number of carboxylic acid groups (broad SMARTS) is 2. The Morgan fingerprint density at radius 3 is 2.37 bits per heavy atom. The minimum Gasteiger partial charge on any atom is -0.481 e. The van der Waals surface area contributed by atoms with Gasteiger partial charge in [-0.1, -0.05) is 49.4 Å². The third-order valence-electron chi connectivity index (χ3n) is 6.07. The number of nitro benzene ring substituents is 1. The zero-order valence-corrected chi connectivity index (χ0v) is 16.4. The summed E-state index contributed by atoms with van der Waals surface area (Å²) >= 11 is 0. The van der Waals surface area contributed by atoms with Crippen molar-refractivity contribution in [3.63, 3.8) is 0 Å². The number of nitrogens with one attached hydrogen (secondary N) is 1. The van der Waals surface area contributed by atoms with E-state index in [2.05, 4.69) is 10.5 Å². The smallest absolute Gasteiger partial charge is 0.353 e. The van der Waals surface area contributed by atoms with Crippen molar-refractivity contribution < 1.29 is 24.7 Å². The number of benzene rings is 2. The molecule has 9 nitrogen and oxygen atoms in total. The van der Waals surface area contributed by atoms with Crippen LogP contribution in [0, 0.1) is 15.5 Å². The van der Waals surface area contributed by atoms with Crippen molar-refractivity contribution in [1.29, 1.82) is 0 Å². The molecule has 0 saturated heterocycles. The molecule has 0 amide bonds. The SMILES string of the molecule is CCC1(C(=O)O)C(c2ccccc2)NN=C(C(=O)O)C1(C)c1cccc([N+](=O)[O-])c1. The molecule has 0 bridgehead atoms. The molecule has 0 fully saturated rings. The Morgan fingerprint density at radius 2 is 1.83 bits per heavy atom. The predicted octanol–water partition coefficient (Wildman–Crippen LogP) is 3.12. The van der Waals surface area contributed by atoms with Crippen molar-refractivity contribution in [1.82, 2.24) is 5.43 Å². The minimum absolute atomic E-state index is 0.0420. The van der Waals surface area contributed by atoms with Crippen molar-refractivity contribution in [2.45, 2.75) is 31.7 Å². The van der Waals surface area contributed by atoms with E-state index in [1.165, 1.54) is 31.2 Å². The van der Waals surface area contributed by atoms with E-state index in [1.54, 1.807) is 37.3 Å². The van der Waals surface area contributed by atoms with Crippen LogP contribution in [0.5, 0.6) is 0 Å². The van der Waals surface area contributed by atoms with Crippen molar-refractivity contribution in [2.24, 2.45) is 10.5 Å². The molecule has 1 heterocycles. The maximum atomic E-state index is 12.8. The molecular weight excluding hydrogens is 390 g/mol. The van der Waals surface area contributed by atoms with Gasteiger partial charge in [-0.05, 0) is 24.5 Å². The number of rotatable bonds is 6. The second-order valence-corrected chi connectivity index (χ2v) is 7.30. The molecule has 9 heteroatoms. The molecule has 2 aromatic carbocycles. The highest BCUT2D eigenvalue weighted by Crippen LogP contribution is 2.55. The second-order valence-electron chi connectivity index (χ2n) is 7.30. The lowest BCUT2D eigenvalue weighted by Gasteiger charge is -2.52. The van der Waals surface area contributed by atoms with Crippen LogP contribution in [0.4, 0.5) is 5.69 Å². The third kappa shape index (κ3) is 2.90. The van der Waals surface area contributed by atoms with Crippen molar-refractivity contribution in [3.8, 4) is 0 Å². The van der Waals surface area contributed by atoms with E-state index in [-0.39, 0.29) is 17.7 Å². The Balaban J connectivity index is 2.39. The zero-order chi connectivity index (χ0) is 22.1. The molecule has 30 heavy (non-hydrogen) atoms. The zero-order valence-electron chi connectivity index (χ0n) is 16.4. The van der Waals surface area contributed by atoms with E-state index < -0.39 is 39.4 Å². The van der Waals surface area contributed by atoms with Crippen molar-refractivity contribution >= 4 is 23.3 Å². The highest BCUT2D eigenvalue weighted by Gasteiger charge is 2.64. The molecule has 3 atom stereocenters. The first-order valence-corrected chi connectivity index (χ1v) is 9.30. The number of carbonyl (C=O) groups is 2. The van der Waals surface area contributed by atoms with Crippen LogP contribution in [-0.4, -0.2) is 32.8 Å². The first kappa shape index (κ1) is 21.0. The second kappa shape index (κ2) is 7.58. The highest BCUT2D eigenvalue weighted by molar-refractivity contribution is 6.40. The lowest BCUT2D eigenvalue weighted by molar-refractivity contribution is -0.385. The van der Waals surface area contributed by atoms with Gasteiger partial charge >= 0.3 is 11.9 Å². The van der Waals surface area contributed by atoms with Gasteiger partial charge in [0.1, 0.15) is 5.41 Å². The molecule has 1 aliphatic heterocycles. The molecule has 0 aromatic heterocycles. The summed E-state index contributed by atoms with van der Waals surface area (Å²) in [6.45, 7) is 3.14. The summed E-state index contributed by atoms with van der Waals surface area (Å²) in [4.78, 5) is 35.7. The van der Waals surface area contributed by atoms with Gasteiger partial charge < -0.3 is 15.6 Å². The molecule has 0 spiro atoms. The molecule has 2 aromatic rings. The van der Waals surface area contributed by atoms with Crippen molar-refractivity contribution in [3.05, 3.63) is 75.8 Å². The monoisotopic (exact) mass is 411 g/mol. The van der Waals surface area contributed by atoms with E-state index in [4.69, 9.17) is 0 Å². The van der Waals surface area contributed by atoms with Crippen LogP contribution in [-0.2, 0) is 15.0 Å². The van der Waals surface area contributed by atoms with Crippen LogP contribution in [0.15, 0.2) is 59.7 Å². The first-order chi connectivity index (χ1) is 14.2. The maximum absolute atomic E-state index is 12.8. The van der Waals surface area contributed by atoms with Gasteiger partial charge in [-0.25, -0.2) is 4.79 Å². The van der Waals surface area contributed by atoms with E-state index in [0.29, 0.717) is 5.56 Å².